The number of nitrogens with two attached hydrogens (primary N) is 1. The lowest BCUT2D eigenvalue weighted by Crippen LogP contribution is -2.10. The minimum Gasteiger partial charge on any atom is -0.496 e. The average Bonchev–Trinajstić information content (AvgIpc) is 2.95. The number of nitrogen functional groups attached to an aromatic ring is 1. The third-order valence-corrected chi connectivity index (χ3v) is 5.71. The van der Waals surface area contributed by atoms with Crippen molar-refractivity contribution in [2.75, 3.05) is 12.8 Å². The molecule has 0 unspecified atom stereocenters. The van der Waals surface area contributed by atoms with Crippen LogP contribution in [0.1, 0.15) is 22.3 Å². The molecule has 0 aliphatic carbocycles. The van der Waals surface area contributed by atoms with Gasteiger partial charge in [0.1, 0.15) is 11.6 Å². The van der Waals surface area contributed by atoms with Gasteiger partial charge in [-0.15, -0.1) is 0 Å². The van der Waals surface area contributed by atoms with Gasteiger partial charge in [-0.3, -0.25) is 4.99 Å². The molecule has 1 aliphatic rings. The summed E-state index contributed by atoms with van der Waals surface area (Å²) in [5.41, 5.74) is 13.1. The molecule has 0 saturated heterocycles. The summed E-state index contributed by atoms with van der Waals surface area (Å²) in [5.74, 6) is 0.212. The molecular formula is C26H21FN4O. The summed E-state index contributed by atoms with van der Waals surface area (Å²) >= 11 is 0. The highest BCUT2D eigenvalue weighted by atomic mass is 19.1. The number of halogens is 1. The predicted octanol–water partition coefficient (Wildman–Crippen LogP) is 5.20. The predicted molar refractivity (Wildman–Crippen MR) is 124 cm³/mol. The van der Waals surface area contributed by atoms with Gasteiger partial charge >= 0.3 is 0 Å². The van der Waals surface area contributed by atoms with Crippen LogP contribution in [0, 0.1) is 12.7 Å². The summed E-state index contributed by atoms with van der Waals surface area (Å²) in [7, 11) is 1.53. The zero-order chi connectivity index (χ0) is 22.2. The largest absolute Gasteiger partial charge is 0.496 e. The molecule has 3 aromatic carbocycles. The molecule has 158 valence electrons. The van der Waals surface area contributed by atoms with Crippen LogP contribution in [0.2, 0.25) is 0 Å². The summed E-state index contributed by atoms with van der Waals surface area (Å²) in [6.45, 7) is 2.37. The van der Waals surface area contributed by atoms with Crippen molar-refractivity contribution in [1.82, 2.24) is 9.97 Å². The van der Waals surface area contributed by atoms with E-state index in [1.54, 1.807) is 18.3 Å². The van der Waals surface area contributed by atoms with E-state index in [1.807, 2.05) is 30.3 Å². The highest BCUT2D eigenvalue weighted by molar-refractivity contribution is 6.18. The van der Waals surface area contributed by atoms with Crippen LogP contribution >= 0.6 is 0 Å². The summed E-state index contributed by atoms with van der Waals surface area (Å²) in [5, 5.41) is 0. The molecule has 0 spiro atoms. The standard InChI is InChI=1S/C26H21FN4O/c1-15-6-3-4-7-18(15)16-10-11-19-20(12-16)25(23-21(27)8-5-9-22(23)32-2)29-13-17-14-30-26(28)31-24(17)19/h3-12,14H,13H2,1-2H3,(H2,28,30,31). The normalized spacial score (nSPS) is 12.4. The summed E-state index contributed by atoms with van der Waals surface area (Å²) in [6.07, 6.45) is 1.68. The number of aliphatic imine (C=N–C) groups is 1. The first-order valence-electron chi connectivity index (χ1n) is 10.3. The minimum atomic E-state index is -0.396. The fourth-order valence-corrected chi connectivity index (χ4v) is 4.15. The van der Waals surface area contributed by atoms with E-state index in [0.29, 0.717) is 29.3 Å². The quantitative estimate of drug-likeness (QED) is 0.491. The van der Waals surface area contributed by atoms with E-state index in [-0.39, 0.29) is 5.95 Å². The molecule has 0 amide bonds. The fourth-order valence-electron chi connectivity index (χ4n) is 4.15. The molecule has 0 radical (unpaired) electrons. The minimum absolute atomic E-state index is 0.185. The van der Waals surface area contributed by atoms with Crippen molar-refractivity contribution in [3.05, 3.63) is 94.9 Å². The number of benzene rings is 3. The van der Waals surface area contributed by atoms with Crippen LogP contribution < -0.4 is 10.5 Å². The average molecular weight is 424 g/mol. The van der Waals surface area contributed by atoms with Gasteiger partial charge in [-0.05, 0) is 41.8 Å². The van der Waals surface area contributed by atoms with Crippen molar-refractivity contribution in [3.63, 3.8) is 0 Å². The lowest BCUT2D eigenvalue weighted by Gasteiger charge is -2.16. The molecule has 0 saturated carbocycles. The molecule has 0 atom stereocenters. The van der Waals surface area contributed by atoms with Crippen LogP contribution in [0.15, 0.2) is 71.9 Å². The van der Waals surface area contributed by atoms with Crippen LogP contribution in [0.4, 0.5) is 10.3 Å². The molecule has 6 heteroatoms. The zero-order valence-electron chi connectivity index (χ0n) is 17.8. The van der Waals surface area contributed by atoms with E-state index in [0.717, 1.165) is 33.4 Å². The third kappa shape index (κ3) is 3.30. The maximum Gasteiger partial charge on any atom is 0.220 e. The lowest BCUT2D eigenvalue weighted by atomic mass is 9.90. The Bertz CT molecular complexity index is 1380. The number of aromatic nitrogens is 2. The van der Waals surface area contributed by atoms with Crippen LogP contribution in [-0.4, -0.2) is 22.8 Å². The summed E-state index contributed by atoms with van der Waals surface area (Å²) < 4.78 is 20.6. The number of nitrogens with zero attached hydrogens (tertiary/aromatic N) is 3. The van der Waals surface area contributed by atoms with Gasteiger partial charge in [0.2, 0.25) is 5.95 Å². The second-order valence-electron chi connectivity index (χ2n) is 7.66. The highest BCUT2D eigenvalue weighted by Crippen LogP contribution is 2.37. The number of hydrogen-bond acceptors (Lipinski definition) is 5. The molecule has 5 rings (SSSR count). The van der Waals surface area contributed by atoms with E-state index in [1.165, 1.54) is 13.2 Å². The van der Waals surface area contributed by atoms with Crippen molar-refractivity contribution in [1.29, 1.82) is 0 Å². The molecule has 0 fully saturated rings. The number of hydrogen-bond donors (Lipinski definition) is 1. The van der Waals surface area contributed by atoms with E-state index < -0.39 is 5.82 Å². The van der Waals surface area contributed by atoms with Crippen LogP contribution in [0.25, 0.3) is 22.4 Å². The van der Waals surface area contributed by atoms with Gasteiger partial charge in [-0.25, -0.2) is 14.4 Å². The third-order valence-electron chi connectivity index (χ3n) is 5.71. The van der Waals surface area contributed by atoms with Gasteiger partial charge in [0.25, 0.3) is 0 Å². The van der Waals surface area contributed by atoms with Crippen molar-refractivity contribution in [3.8, 4) is 28.1 Å². The first-order chi connectivity index (χ1) is 15.6. The van der Waals surface area contributed by atoms with Gasteiger partial charge in [0, 0.05) is 22.9 Å². The Morgan fingerprint density at radius 2 is 1.81 bits per heavy atom. The van der Waals surface area contributed by atoms with Gasteiger partial charge in [0.05, 0.1) is 30.6 Å². The van der Waals surface area contributed by atoms with E-state index in [2.05, 4.69) is 29.0 Å². The topological polar surface area (TPSA) is 73.4 Å². The Hall–Kier alpha value is -4.06. The smallest absolute Gasteiger partial charge is 0.220 e. The van der Waals surface area contributed by atoms with Crippen molar-refractivity contribution >= 4 is 11.7 Å². The maximum absolute atomic E-state index is 15.1. The molecule has 2 heterocycles. The first kappa shape index (κ1) is 19.9. The zero-order valence-corrected chi connectivity index (χ0v) is 17.8. The Labute approximate surface area is 185 Å². The molecule has 5 nitrogen and oxygen atoms in total. The van der Waals surface area contributed by atoms with Crippen molar-refractivity contribution in [2.45, 2.75) is 13.5 Å². The van der Waals surface area contributed by atoms with Gasteiger partial charge in [-0.1, -0.05) is 42.5 Å². The molecule has 4 aromatic rings. The van der Waals surface area contributed by atoms with E-state index >= 15 is 4.39 Å². The SMILES string of the molecule is COc1cccc(F)c1C1=NCc2cnc(N)nc2-c2ccc(-c3ccccc3C)cc21. The van der Waals surface area contributed by atoms with Gasteiger partial charge < -0.3 is 10.5 Å². The number of fused-ring (bicyclic) bond motifs is 3. The monoisotopic (exact) mass is 424 g/mol. The van der Waals surface area contributed by atoms with E-state index in [4.69, 9.17) is 15.5 Å². The number of methoxy groups -OCH3 is 1. The van der Waals surface area contributed by atoms with Gasteiger partial charge in [-0.2, -0.15) is 0 Å². The van der Waals surface area contributed by atoms with Gasteiger partial charge in [0.15, 0.2) is 0 Å². The van der Waals surface area contributed by atoms with Crippen LogP contribution in [-0.2, 0) is 6.54 Å². The number of aryl methyl sites for hydroxylation is 1. The van der Waals surface area contributed by atoms with Crippen LogP contribution in [0.5, 0.6) is 5.75 Å². The number of rotatable bonds is 3. The van der Waals surface area contributed by atoms with E-state index in [9.17, 15) is 0 Å². The first-order valence-corrected chi connectivity index (χ1v) is 10.3. The summed E-state index contributed by atoms with van der Waals surface area (Å²) in [6, 6.07) is 19.0. The Morgan fingerprint density at radius 1 is 0.969 bits per heavy atom. The Balaban J connectivity index is 1.82. The summed E-state index contributed by atoms with van der Waals surface area (Å²) in [4.78, 5) is 13.4. The van der Waals surface area contributed by atoms with Crippen molar-refractivity contribution in [2.24, 2.45) is 4.99 Å². The maximum atomic E-state index is 15.1. The Kier molecular flexibility index (Phi) is 4.90. The molecule has 32 heavy (non-hydrogen) atoms. The second kappa shape index (κ2) is 7.89. The molecule has 1 aromatic heterocycles. The molecule has 2 N–H and O–H groups in total. The molecule has 1 aliphatic heterocycles. The van der Waals surface area contributed by atoms with Crippen molar-refractivity contribution < 1.29 is 9.13 Å². The highest BCUT2D eigenvalue weighted by Gasteiger charge is 2.25. The second-order valence-corrected chi connectivity index (χ2v) is 7.66. The van der Waals surface area contributed by atoms with Crippen LogP contribution in [0.3, 0.4) is 0 Å². The molecule has 0 bridgehead atoms. The molecular weight excluding hydrogens is 403 g/mol. The lowest BCUT2D eigenvalue weighted by molar-refractivity contribution is 0.410. The fraction of sp³-hybridized carbons (Fsp3) is 0.115. The Morgan fingerprint density at radius 3 is 2.62 bits per heavy atom. The number of ether oxygens (including phenoxy) is 1. The number of anilines is 1.